The maximum atomic E-state index is 13.7. The summed E-state index contributed by atoms with van der Waals surface area (Å²) in [5, 5.41) is 11.3. The van der Waals surface area contributed by atoms with Crippen LogP contribution in [0.1, 0.15) is 146 Å². The molecule has 0 aliphatic rings. The molecule has 6 nitrogen and oxygen atoms in total. The first-order valence-electron chi connectivity index (χ1n) is 16.4. The second kappa shape index (κ2) is 13.7. The predicted molar refractivity (Wildman–Crippen MR) is 201 cm³/mol. The van der Waals surface area contributed by atoms with E-state index in [1.54, 1.807) is 37.4 Å². The van der Waals surface area contributed by atoms with Crippen molar-refractivity contribution in [3.8, 4) is 11.5 Å². The maximum Gasteiger partial charge on any atom is 0.328 e. The molecule has 2 aromatic rings. The van der Waals surface area contributed by atoms with Gasteiger partial charge >= 0.3 is 13.6 Å². The molecule has 0 fully saturated rings. The van der Waals surface area contributed by atoms with Crippen molar-refractivity contribution in [2.24, 2.45) is 5.41 Å². The lowest BCUT2D eigenvalue weighted by molar-refractivity contribution is -0.144. The molecule has 0 heterocycles. The molecular formula is C38H61O6PS2. The van der Waals surface area contributed by atoms with Gasteiger partial charge in [0.1, 0.15) is 11.5 Å². The number of rotatable bonds is 9. The minimum atomic E-state index is -4.35. The Balaban J connectivity index is 2.65. The summed E-state index contributed by atoms with van der Waals surface area (Å²) in [5.74, 6) is 0.376. The lowest BCUT2D eigenvalue weighted by Crippen LogP contribution is -2.33. The molecule has 0 amide bonds. The minimum absolute atomic E-state index is 0.00369. The SMILES string of the molecule is CC(CC(C)(C)C(=O)Oc1c(C(C)(C)C)cc(SC(C)(C)Sc2cc(C(C)(C)C)c(O)c(C(C)(C)C)c2)cc1C(C)(C)C)P(=O)(O)O. The molecule has 0 saturated carbocycles. The molecule has 266 valence electrons. The van der Waals surface area contributed by atoms with E-state index >= 15 is 0 Å². The van der Waals surface area contributed by atoms with Gasteiger partial charge in [0.2, 0.25) is 0 Å². The van der Waals surface area contributed by atoms with Crippen molar-refractivity contribution in [2.75, 3.05) is 0 Å². The van der Waals surface area contributed by atoms with Crippen molar-refractivity contribution in [1.29, 1.82) is 0 Å². The zero-order chi connectivity index (χ0) is 36.9. The number of thioether (sulfide) groups is 2. The zero-order valence-corrected chi connectivity index (χ0v) is 34.5. The number of hydrogen-bond donors (Lipinski definition) is 3. The van der Waals surface area contributed by atoms with Crippen molar-refractivity contribution in [1.82, 2.24) is 0 Å². The summed E-state index contributed by atoms with van der Waals surface area (Å²) >= 11 is 3.52. The Labute approximate surface area is 293 Å². The van der Waals surface area contributed by atoms with Gasteiger partial charge in [-0.25, -0.2) is 0 Å². The van der Waals surface area contributed by atoms with E-state index in [1.807, 2.05) is 0 Å². The monoisotopic (exact) mass is 708 g/mol. The number of carbonyl (C=O) groups is 1. The number of phenolic OH excluding ortho intramolecular Hbond substituents is 1. The first kappa shape index (κ1) is 41.7. The van der Waals surface area contributed by atoms with E-state index in [-0.39, 0.29) is 32.2 Å². The van der Waals surface area contributed by atoms with E-state index in [1.165, 1.54) is 6.92 Å². The number of aromatic hydroxyl groups is 1. The van der Waals surface area contributed by atoms with Crippen LogP contribution in [0.5, 0.6) is 11.5 Å². The van der Waals surface area contributed by atoms with Gasteiger partial charge in [-0.1, -0.05) is 90.0 Å². The number of hydrogen-bond acceptors (Lipinski definition) is 6. The Hall–Kier alpha value is -1.44. The highest BCUT2D eigenvalue weighted by atomic mass is 32.2. The number of phenols is 1. The minimum Gasteiger partial charge on any atom is -0.507 e. The Morgan fingerprint density at radius 1 is 0.681 bits per heavy atom. The fraction of sp³-hybridized carbons (Fsp3) is 0.658. The summed E-state index contributed by atoms with van der Waals surface area (Å²) in [7, 11) is -4.35. The van der Waals surface area contributed by atoms with Gasteiger partial charge in [0.05, 0.1) is 15.2 Å². The first-order valence-corrected chi connectivity index (χ1v) is 19.7. The highest BCUT2D eigenvalue weighted by molar-refractivity contribution is 8.18. The molecule has 0 aliphatic carbocycles. The van der Waals surface area contributed by atoms with Gasteiger partial charge in [-0.3, -0.25) is 9.36 Å². The average molecular weight is 709 g/mol. The maximum absolute atomic E-state index is 13.7. The zero-order valence-electron chi connectivity index (χ0n) is 31.9. The van der Waals surface area contributed by atoms with Gasteiger partial charge in [-0.2, -0.15) is 0 Å². The Bertz CT molecular complexity index is 1440. The standard InChI is InChI=1S/C38H61O6PS2/c1-23(45(41,42)43)22-37(14,15)32(40)44-31-28(35(8,9)10)20-25(21-29(31)36(11,12)13)47-38(16,17)46-24-18-26(33(2,3)4)30(39)27(19-24)34(5,6)7/h18-21,23,39H,22H2,1-17H3,(H2,41,42,43). The van der Waals surface area contributed by atoms with Crippen LogP contribution < -0.4 is 4.74 Å². The topological polar surface area (TPSA) is 104 Å². The van der Waals surface area contributed by atoms with Gasteiger partial charge in [0.25, 0.3) is 0 Å². The molecule has 1 atom stereocenters. The number of ether oxygens (including phenoxy) is 1. The average Bonchev–Trinajstić information content (AvgIpc) is 2.81. The van der Waals surface area contributed by atoms with Crippen LogP contribution in [0.15, 0.2) is 34.1 Å². The Morgan fingerprint density at radius 3 is 1.30 bits per heavy atom. The highest BCUT2D eigenvalue weighted by Gasteiger charge is 2.39. The fourth-order valence-corrected chi connectivity index (χ4v) is 8.74. The quantitative estimate of drug-likeness (QED) is 0.0777. The molecule has 1 unspecified atom stereocenters. The van der Waals surface area contributed by atoms with Crippen molar-refractivity contribution >= 4 is 37.1 Å². The van der Waals surface area contributed by atoms with Crippen molar-refractivity contribution in [3.63, 3.8) is 0 Å². The summed E-state index contributed by atoms with van der Waals surface area (Å²) in [6, 6.07) is 8.48. The van der Waals surface area contributed by atoms with E-state index in [9.17, 15) is 24.3 Å². The highest BCUT2D eigenvalue weighted by Crippen LogP contribution is 2.52. The van der Waals surface area contributed by atoms with Crippen LogP contribution in [0.2, 0.25) is 0 Å². The van der Waals surface area contributed by atoms with E-state index in [0.717, 1.165) is 32.0 Å². The second-order valence-corrected chi connectivity index (χ2v) is 23.9. The van der Waals surface area contributed by atoms with Crippen molar-refractivity contribution < 1.29 is 29.0 Å². The van der Waals surface area contributed by atoms with Crippen LogP contribution in [0.4, 0.5) is 0 Å². The smallest absolute Gasteiger partial charge is 0.328 e. The van der Waals surface area contributed by atoms with Gasteiger partial charge < -0.3 is 19.6 Å². The normalized spacial score (nSPS) is 14.7. The van der Waals surface area contributed by atoms with Gasteiger partial charge in [-0.15, -0.1) is 23.5 Å². The molecule has 2 aromatic carbocycles. The summed E-state index contributed by atoms with van der Waals surface area (Å²) in [6.07, 6.45) is -0.00369. The first-order chi connectivity index (χ1) is 20.7. The van der Waals surface area contributed by atoms with E-state index in [0.29, 0.717) is 11.5 Å². The molecule has 0 bridgehead atoms. The van der Waals surface area contributed by atoms with Crippen molar-refractivity contribution in [2.45, 2.75) is 165 Å². The van der Waals surface area contributed by atoms with Crippen LogP contribution in [0.25, 0.3) is 0 Å². The molecule has 0 aromatic heterocycles. The molecule has 0 spiro atoms. The summed E-state index contributed by atoms with van der Waals surface area (Å²) in [4.78, 5) is 35.2. The summed E-state index contributed by atoms with van der Waals surface area (Å²) in [6.45, 7) is 34.6. The molecule has 0 saturated heterocycles. The lowest BCUT2D eigenvalue weighted by atomic mass is 9.79. The van der Waals surface area contributed by atoms with Crippen LogP contribution >= 0.6 is 31.1 Å². The van der Waals surface area contributed by atoms with Crippen LogP contribution in [-0.4, -0.2) is 30.6 Å². The number of benzene rings is 2. The van der Waals surface area contributed by atoms with Gasteiger partial charge in [0.15, 0.2) is 0 Å². The number of carbonyl (C=O) groups excluding carboxylic acids is 1. The summed E-state index contributed by atoms with van der Waals surface area (Å²) < 4.78 is 17.8. The Kier molecular flexibility index (Phi) is 12.2. The summed E-state index contributed by atoms with van der Waals surface area (Å²) in [5.41, 5.74) is 0.391. The second-order valence-electron chi connectivity index (χ2n) is 18.2. The van der Waals surface area contributed by atoms with E-state index in [4.69, 9.17) is 4.74 Å². The third kappa shape index (κ3) is 11.0. The van der Waals surface area contributed by atoms with Gasteiger partial charge in [-0.05, 0) is 80.0 Å². The molecule has 3 N–H and O–H groups in total. The third-order valence-electron chi connectivity index (χ3n) is 8.23. The Morgan fingerprint density at radius 2 is 1.00 bits per heavy atom. The van der Waals surface area contributed by atoms with Gasteiger partial charge in [0, 0.05) is 32.0 Å². The molecule has 0 radical (unpaired) electrons. The van der Waals surface area contributed by atoms with Crippen LogP contribution in [-0.2, 0) is 31.0 Å². The van der Waals surface area contributed by atoms with Crippen molar-refractivity contribution in [3.05, 3.63) is 46.5 Å². The van der Waals surface area contributed by atoms with Crippen LogP contribution in [0.3, 0.4) is 0 Å². The van der Waals surface area contributed by atoms with E-state index in [2.05, 4.69) is 121 Å². The predicted octanol–water partition coefficient (Wildman–Crippen LogP) is 11.1. The largest absolute Gasteiger partial charge is 0.507 e. The molecule has 2 rings (SSSR count). The fourth-order valence-electron chi connectivity index (χ4n) is 5.46. The molecule has 9 heteroatoms. The molecule has 0 aliphatic heterocycles. The molecular weight excluding hydrogens is 648 g/mol. The third-order valence-corrected chi connectivity index (χ3v) is 12.0. The lowest BCUT2D eigenvalue weighted by Gasteiger charge is -2.33. The van der Waals surface area contributed by atoms with E-state index < -0.39 is 24.6 Å². The van der Waals surface area contributed by atoms with Crippen LogP contribution in [0, 0.1) is 5.41 Å². The number of esters is 1. The molecule has 47 heavy (non-hydrogen) atoms.